The zero-order chi connectivity index (χ0) is 21.3. The lowest BCUT2D eigenvalue weighted by atomic mass is 9.86. The highest BCUT2D eigenvalue weighted by molar-refractivity contribution is 5.99. The van der Waals surface area contributed by atoms with Gasteiger partial charge < -0.3 is 14.6 Å². The highest BCUT2D eigenvalue weighted by atomic mass is 16.3. The molecule has 1 heterocycles. The minimum atomic E-state index is -0.172. The van der Waals surface area contributed by atoms with Gasteiger partial charge in [-0.05, 0) is 56.6 Å². The molecule has 29 heavy (non-hydrogen) atoms. The number of rotatable bonds is 5. The summed E-state index contributed by atoms with van der Waals surface area (Å²) in [6.07, 6.45) is 0. The van der Waals surface area contributed by atoms with Crippen molar-refractivity contribution in [2.75, 3.05) is 20.6 Å². The van der Waals surface area contributed by atoms with E-state index in [4.69, 9.17) is 4.42 Å². The number of nitrogens with zero attached hydrogens (tertiary/aromatic N) is 1. The van der Waals surface area contributed by atoms with E-state index in [-0.39, 0.29) is 17.4 Å². The molecule has 0 bridgehead atoms. The number of benzene rings is 2. The molecule has 0 fully saturated rings. The Bertz CT molecular complexity index is 1010. The van der Waals surface area contributed by atoms with Gasteiger partial charge in [-0.2, -0.15) is 0 Å². The van der Waals surface area contributed by atoms with Crippen LogP contribution in [-0.4, -0.2) is 31.4 Å². The smallest absolute Gasteiger partial charge is 0.287 e. The van der Waals surface area contributed by atoms with Crippen LogP contribution in [0.5, 0.6) is 0 Å². The van der Waals surface area contributed by atoms with E-state index < -0.39 is 0 Å². The van der Waals surface area contributed by atoms with Crippen molar-refractivity contribution in [3.63, 3.8) is 0 Å². The Hall–Kier alpha value is -2.59. The fourth-order valence-corrected chi connectivity index (χ4v) is 3.62. The third-order valence-electron chi connectivity index (χ3n) is 5.54. The Labute approximate surface area is 173 Å². The van der Waals surface area contributed by atoms with E-state index >= 15 is 0 Å². The van der Waals surface area contributed by atoms with Crippen molar-refractivity contribution in [1.29, 1.82) is 0 Å². The summed E-state index contributed by atoms with van der Waals surface area (Å²) < 4.78 is 5.84. The standard InChI is InChI=1S/C25H32N2O2/c1-16-8-13-22-20(14-16)17(2)23(29-22)24(28)26-15-21(27(6)7)18-9-11-19(12-10-18)25(3,4)5/h8-14,21H,15H2,1-7H3,(H,26,28)/t21-/m1/s1. The molecule has 3 rings (SSSR count). The van der Waals surface area contributed by atoms with Gasteiger partial charge in [0.1, 0.15) is 5.58 Å². The van der Waals surface area contributed by atoms with Crippen molar-refractivity contribution in [3.8, 4) is 0 Å². The molecule has 4 heteroatoms. The zero-order valence-corrected chi connectivity index (χ0v) is 18.6. The summed E-state index contributed by atoms with van der Waals surface area (Å²) in [4.78, 5) is 15.0. The highest BCUT2D eigenvalue weighted by Crippen LogP contribution is 2.27. The molecule has 0 aliphatic carbocycles. The topological polar surface area (TPSA) is 45.5 Å². The van der Waals surface area contributed by atoms with Gasteiger partial charge in [0, 0.05) is 17.5 Å². The Balaban J connectivity index is 1.77. The molecule has 0 aliphatic rings. The second kappa shape index (κ2) is 8.03. The second-order valence-corrected chi connectivity index (χ2v) is 9.12. The predicted octanol–water partition coefficient (Wildman–Crippen LogP) is 5.38. The zero-order valence-electron chi connectivity index (χ0n) is 18.6. The molecule has 0 unspecified atom stereocenters. The SMILES string of the molecule is Cc1ccc2oc(C(=O)NC[C@H](c3ccc(C(C)(C)C)cc3)N(C)C)c(C)c2c1. The summed E-state index contributed by atoms with van der Waals surface area (Å²) >= 11 is 0. The number of furan rings is 1. The molecule has 1 atom stereocenters. The van der Waals surface area contributed by atoms with E-state index in [0.717, 1.165) is 22.1 Å². The van der Waals surface area contributed by atoms with Crippen LogP contribution in [0.15, 0.2) is 46.9 Å². The van der Waals surface area contributed by atoms with Gasteiger partial charge in [-0.3, -0.25) is 4.79 Å². The number of likely N-dealkylation sites (N-methyl/N-ethyl adjacent to an activating group) is 1. The molecule has 154 valence electrons. The number of aryl methyl sites for hydroxylation is 2. The summed E-state index contributed by atoms with van der Waals surface area (Å²) in [7, 11) is 4.06. The second-order valence-electron chi connectivity index (χ2n) is 9.12. The van der Waals surface area contributed by atoms with Crippen LogP contribution in [0.25, 0.3) is 11.0 Å². The molecule has 4 nitrogen and oxygen atoms in total. The van der Waals surface area contributed by atoms with Crippen molar-refractivity contribution in [3.05, 3.63) is 70.5 Å². The molecule has 0 radical (unpaired) electrons. The van der Waals surface area contributed by atoms with Crippen LogP contribution in [-0.2, 0) is 5.41 Å². The fourth-order valence-electron chi connectivity index (χ4n) is 3.62. The first kappa shape index (κ1) is 21.1. The molecule has 0 spiro atoms. The summed E-state index contributed by atoms with van der Waals surface area (Å²) in [5.41, 5.74) is 5.39. The maximum absolute atomic E-state index is 12.8. The van der Waals surface area contributed by atoms with Crippen molar-refractivity contribution in [2.24, 2.45) is 0 Å². The Kier molecular flexibility index (Phi) is 5.85. The number of nitrogens with one attached hydrogen (secondary N) is 1. The summed E-state index contributed by atoms with van der Waals surface area (Å²) in [5.74, 6) is 0.223. The number of hydrogen-bond acceptors (Lipinski definition) is 3. The summed E-state index contributed by atoms with van der Waals surface area (Å²) in [6, 6.07) is 14.7. The van der Waals surface area contributed by atoms with Crippen LogP contribution in [0.3, 0.4) is 0 Å². The van der Waals surface area contributed by atoms with E-state index in [2.05, 4.69) is 61.3 Å². The first-order valence-electron chi connectivity index (χ1n) is 10.1. The average Bonchev–Trinajstić information content (AvgIpc) is 2.97. The average molecular weight is 393 g/mol. The maximum atomic E-state index is 12.8. The predicted molar refractivity (Wildman–Crippen MR) is 120 cm³/mol. The van der Waals surface area contributed by atoms with Crippen molar-refractivity contribution < 1.29 is 9.21 Å². The van der Waals surface area contributed by atoms with Gasteiger partial charge >= 0.3 is 0 Å². The van der Waals surface area contributed by atoms with Gasteiger partial charge in [0.25, 0.3) is 5.91 Å². The van der Waals surface area contributed by atoms with E-state index in [1.165, 1.54) is 11.1 Å². The van der Waals surface area contributed by atoms with Crippen LogP contribution in [0, 0.1) is 13.8 Å². The quantitative estimate of drug-likeness (QED) is 0.634. The fraction of sp³-hybridized carbons (Fsp3) is 0.400. The lowest BCUT2D eigenvalue weighted by Gasteiger charge is -2.26. The summed E-state index contributed by atoms with van der Waals surface area (Å²) in [5, 5.41) is 4.06. The van der Waals surface area contributed by atoms with E-state index in [1.54, 1.807) is 0 Å². The molecular weight excluding hydrogens is 360 g/mol. The molecule has 0 saturated carbocycles. The Morgan fingerprint density at radius 2 is 1.72 bits per heavy atom. The number of amides is 1. The molecular formula is C25H32N2O2. The lowest BCUT2D eigenvalue weighted by Crippen LogP contribution is -2.34. The number of carbonyl (C=O) groups is 1. The monoisotopic (exact) mass is 392 g/mol. The molecule has 1 aromatic heterocycles. The van der Waals surface area contributed by atoms with Crippen LogP contribution < -0.4 is 5.32 Å². The Morgan fingerprint density at radius 1 is 1.07 bits per heavy atom. The van der Waals surface area contributed by atoms with Crippen molar-refractivity contribution in [1.82, 2.24) is 10.2 Å². The first-order valence-corrected chi connectivity index (χ1v) is 10.1. The highest BCUT2D eigenvalue weighted by Gasteiger charge is 2.21. The molecule has 1 N–H and O–H groups in total. The number of carbonyl (C=O) groups excluding carboxylic acids is 1. The molecule has 0 aliphatic heterocycles. The van der Waals surface area contributed by atoms with Gasteiger partial charge in [-0.25, -0.2) is 0 Å². The molecule has 2 aromatic carbocycles. The van der Waals surface area contributed by atoms with E-state index in [9.17, 15) is 4.79 Å². The van der Waals surface area contributed by atoms with Crippen LogP contribution in [0.2, 0.25) is 0 Å². The van der Waals surface area contributed by atoms with Crippen LogP contribution in [0.4, 0.5) is 0 Å². The molecule has 0 saturated heterocycles. The van der Waals surface area contributed by atoms with Crippen LogP contribution >= 0.6 is 0 Å². The van der Waals surface area contributed by atoms with E-state index in [0.29, 0.717) is 12.3 Å². The van der Waals surface area contributed by atoms with Gasteiger partial charge in [0.05, 0.1) is 6.04 Å². The van der Waals surface area contributed by atoms with Crippen molar-refractivity contribution >= 4 is 16.9 Å². The van der Waals surface area contributed by atoms with Gasteiger partial charge in [0.2, 0.25) is 0 Å². The Morgan fingerprint density at radius 3 is 2.31 bits per heavy atom. The largest absolute Gasteiger partial charge is 0.451 e. The lowest BCUT2D eigenvalue weighted by molar-refractivity contribution is 0.0915. The van der Waals surface area contributed by atoms with Crippen LogP contribution in [0.1, 0.15) is 59.6 Å². The number of fused-ring (bicyclic) bond motifs is 1. The molecule has 1 amide bonds. The minimum absolute atomic E-state index is 0.0832. The van der Waals surface area contributed by atoms with E-state index in [1.807, 2.05) is 40.1 Å². The van der Waals surface area contributed by atoms with Crippen molar-refractivity contribution in [2.45, 2.75) is 46.1 Å². The third kappa shape index (κ3) is 4.54. The minimum Gasteiger partial charge on any atom is -0.451 e. The molecule has 3 aromatic rings. The van der Waals surface area contributed by atoms with Gasteiger partial charge in [-0.15, -0.1) is 0 Å². The maximum Gasteiger partial charge on any atom is 0.287 e. The number of hydrogen-bond donors (Lipinski definition) is 1. The summed E-state index contributed by atoms with van der Waals surface area (Å²) in [6.45, 7) is 11.1. The third-order valence-corrected chi connectivity index (χ3v) is 5.54. The first-order chi connectivity index (χ1) is 13.6. The van der Waals surface area contributed by atoms with Gasteiger partial charge in [0.15, 0.2) is 5.76 Å². The normalized spacial score (nSPS) is 13.1. The van der Waals surface area contributed by atoms with Gasteiger partial charge in [-0.1, -0.05) is 56.7 Å².